The highest BCUT2D eigenvalue weighted by atomic mass is 35.5. The van der Waals surface area contributed by atoms with Crippen molar-refractivity contribution in [3.63, 3.8) is 0 Å². The minimum atomic E-state index is -3.24. The van der Waals surface area contributed by atoms with E-state index in [0.29, 0.717) is 24.8 Å². The lowest BCUT2D eigenvalue weighted by Gasteiger charge is -2.51. The van der Waals surface area contributed by atoms with E-state index in [4.69, 9.17) is 21.1 Å². The van der Waals surface area contributed by atoms with Gasteiger partial charge in [-0.2, -0.15) is 4.31 Å². The second-order valence-electron chi connectivity index (χ2n) is 8.69. The lowest BCUT2D eigenvalue weighted by Crippen LogP contribution is -2.57. The third-order valence-corrected chi connectivity index (χ3v) is 9.29. The first-order valence-corrected chi connectivity index (χ1v) is 12.9. The van der Waals surface area contributed by atoms with Crippen LogP contribution in [0.5, 0.6) is 11.5 Å². The average Bonchev–Trinajstić information content (AvgIpc) is 3.18. The standard InChI is InChI=1S/C21H29ClN2O4S/c22-6-1-2-9-29(25,26)24-7-3-4-16-13-23-8-5-15-10-20-21(28-14-27-20)11-17(15)19(23)12-18(16)24/h10-11,16,18-19H,1-9,12-14H2/t16-,18+,19+/m1/s1. The van der Waals surface area contributed by atoms with Crippen LogP contribution in [-0.2, 0) is 16.4 Å². The molecule has 2 saturated heterocycles. The number of fused-ring (bicyclic) bond motifs is 5. The number of hydrogen-bond acceptors (Lipinski definition) is 5. The number of halogens is 1. The molecule has 0 unspecified atom stereocenters. The van der Waals surface area contributed by atoms with Crippen molar-refractivity contribution >= 4 is 21.6 Å². The largest absolute Gasteiger partial charge is 0.454 e. The van der Waals surface area contributed by atoms with Crippen molar-refractivity contribution in [2.75, 3.05) is 38.1 Å². The summed E-state index contributed by atoms with van der Waals surface area (Å²) >= 11 is 5.76. The van der Waals surface area contributed by atoms with Gasteiger partial charge in [-0.05, 0) is 67.7 Å². The predicted octanol–water partition coefficient (Wildman–Crippen LogP) is 3.15. The molecule has 0 spiro atoms. The highest BCUT2D eigenvalue weighted by Gasteiger charge is 2.46. The highest BCUT2D eigenvalue weighted by Crippen LogP contribution is 2.46. The van der Waals surface area contributed by atoms with E-state index in [1.54, 1.807) is 0 Å². The molecule has 1 aromatic carbocycles. The zero-order chi connectivity index (χ0) is 20.0. The lowest BCUT2D eigenvalue weighted by atomic mass is 9.77. The zero-order valence-electron chi connectivity index (χ0n) is 16.7. The molecule has 0 aliphatic carbocycles. The Morgan fingerprint density at radius 3 is 2.79 bits per heavy atom. The molecule has 5 rings (SSSR count). The van der Waals surface area contributed by atoms with E-state index in [1.165, 1.54) is 11.1 Å². The van der Waals surface area contributed by atoms with Crippen LogP contribution in [0.15, 0.2) is 12.1 Å². The Hall–Kier alpha value is -1.02. The molecule has 0 radical (unpaired) electrons. The van der Waals surface area contributed by atoms with E-state index >= 15 is 0 Å². The Bertz CT molecular complexity index is 878. The van der Waals surface area contributed by atoms with Gasteiger partial charge in [0.15, 0.2) is 11.5 Å². The molecule has 4 heterocycles. The molecule has 0 N–H and O–H groups in total. The van der Waals surface area contributed by atoms with Crippen LogP contribution in [-0.4, -0.2) is 61.7 Å². The van der Waals surface area contributed by atoms with Gasteiger partial charge in [0.2, 0.25) is 16.8 Å². The zero-order valence-corrected chi connectivity index (χ0v) is 18.3. The van der Waals surface area contributed by atoms with Crippen LogP contribution in [0.25, 0.3) is 0 Å². The Morgan fingerprint density at radius 2 is 1.97 bits per heavy atom. The van der Waals surface area contributed by atoms with Gasteiger partial charge in [-0.3, -0.25) is 4.90 Å². The summed E-state index contributed by atoms with van der Waals surface area (Å²) in [7, 11) is -3.24. The first kappa shape index (κ1) is 19.9. The van der Waals surface area contributed by atoms with Crippen molar-refractivity contribution in [2.24, 2.45) is 5.92 Å². The Morgan fingerprint density at radius 1 is 1.14 bits per heavy atom. The van der Waals surface area contributed by atoms with Crippen molar-refractivity contribution < 1.29 is 17.9 Å². The van der Waals surface area contributed by atoms with Gasteiger partial charge in [-0.15, -0.1) is 11.6 Å². The average molecular weight is 441 g/mol. The SMILES string of the molecule is O=S(=O)(CCCCCl)N1CCC[C@@H]2CN3CCc4cc5c(cc4[C@@H]3C[C@@H]21)OCO5. The van der Waals surface area contributed by atoms with Gasteiger partial charge in [0, 0.05) is 37.6 Å². The molecule has 0 saturated carbocycles. The summed E-state index contributed by atoms with van der Waals surface area (Å²) in [5.74, 6) is 2.82. The Kier molecular flexibility index (Phi) is 5.43. The van der Waals surface area contributed by atoms with E-state index in [2.05, 4.69) is 17.0 Å². The van der Waals surface area contributed by atoms with Crippen molar-refractivity contribution in [1.29, 1.82) is 0 Å². The fourth-order valence-corrected chi connectivity index (χ4v) is 7.71. The monoisotopic (exact) mass is 440 g/mol. The molecule has 4 aliphatic rings. The van der Waals surface area contributed by atoms with Crippen LogP contribution in [0.4, 0.5) is 0 Å². The van der Waals surface area contributed by atoms with Gasteiger partial charge in [-0.1, -0.05) is 0 Å². The molecule has 0 aromatic heterocycles. The number of nitrogens with zero attached hydrogens (tertiary/aromatic N) is 2. The van der Waals surface area contributed by atoms with Gasteiger partial charge in [0.25, 0.3) is 0 Å². The molecule has 0 bridgehead atoms. The quantitative estimate of drug-likeness (QED) is 0.520. The molecule has 3 atom stereocenters. The van der Waals surface area contributed by atoms with Crippen LogP contribution in [0.1, 0.15) is 49.3 Å². The van der Waals surface area contributed by atoms with E-state index in [-0.39, 0.29) is 24.6 Å². The number of sulfonamides is 1. The van der Waals surface area contributed by atoms with Crippen molar-refractivity contribution in [1.82, 2.24) is 9.21 Å². The fraction of sp³-hybridized carbons (Fsp3) is 0.714. The first-order valence-electron chi connectivity index (χ1n) is 10.8. The summed E-state index contributed by atoms with van der Waals surface area (Å²) < 4.78 is 39.2. The maximum atomic E-state index is 13.1. The smallest absolute Gasteiger partial charge is 0.231 e. The summed E-state index contributed by atoms with van der Waals surface area (Å²) in [4.78, 5) is 2.56. The van der Waals surface area contributed by atoms with Gasteiger partial charge >= 0.3 is 0 Å². The highest BCUT2D eigenvalue weighted by molar-refractivity contribution is 7.89. The molecule has 4 aliphatic heterocycles. The maximum absolute atomic E-state index is 13.1. The van der Waals surface area contributed by atoms with E-state index < -0.39 is 10.0 Å². The summed E-state index contributed by atoms with van der Waals surface area (Å²) in [6.45, 7) is 2.95. The molecule has 1 aromatic rings. The van der Waals surface area contributed by atoms with Crippen molar-refractivity contribution in [3.8, 4) is 11.5 Å². The molecule has 160 valence electrons. The lowest BCUT2D eigenvalue weighted by molar-refractivity contribution is 0.0219. The molecule has 2 fully saturated rings. The number of unbranched alkanes of at least 4 members (excludes halogenated alkanes) is 1. The van der Waals surface area contributed by atoms with E-state index in [0.717, 1.165) is 56.7 Å². The summed E-state index contributed by atoms with van der Waals surface area (Å²) in [6.07, 6.45) is 5.35. The number of piperidine rings is 2. The number of ether oxygens (including phenoxy) is 2. The Balaban J connectivity index is 1.41. The van der Waals surface area contributed by atoms with Gasteiger partial charge in [0.05, 0.1) is 5.75 Å². The molecule has 0 amide bonds. The number of hydrogen-bond donors (Lipinski definition) is 0. The minimum absolute atomic E-state index is 0.0994. The van der Waals surface area contributed by atoms with Crippen LogP contribution in [0.3, 0.4) is 0 Å². The Labute approximate surface area is 178 Å². The molecule has 29 heavy (non-hydrogen) atoms. The van der Waals surface area contributed by atoms with E-state index in [1.807, 2.05) is 4.31 Å². The number of benzene rings is 1. The number of rotatable bonds is 5. The van der Waals surface area contributed by atoms with Crippen molar-refractivity contribution in [2.45, 2.75) is 50.6 Å². The summed E-state index contributed by atoms with van der Waals surface area (Å²) in [5.41, 5.74) is 2.62. The van der Waals surface area contributed by atoms with Crippen LogP contribution >= 0.6 is 11.6 Å². The van der Waals surface area contributed by atoms with Gasteiger partial charge < -0.3 is 9.47 Å². The van der Waals surface area contributed by atoms with Crippen molar-refractivity contribution in [3.05, 3.63) is 23.3 Å². The normalized spacial score (nSPS) is 29.2. The second-order valence-corrected chi connectivity index (χ2v) is 11.1. The first-order chi connectivity index (χ1) is 14.1. The van der Waals surface area contributed by atoms with Gasteiger partial charge in [-0.25, -0.2) is 8.42 Å². The summed E-state index contributed by atoms with van der Waals surface area (Å²) in [6, 6.07) is 4.62. The second kappa shape index (κ2) is 7.91. The fourth-order valence-electron chi connectivity index (χ4n) is 5.63. The summed E-state index contributed by atoms with van der Waals surface area (Å²) in [5, 5.41) is 0. The molecular weight excluding hydrogens is 412 g/mol. The van der Waals surface area contributed by atoms with Crippen LogP contribution in [0.2, 0.25) is 0 Å². The van der Waals surface area contributed by atoms with Crippen LogP contribution < -0.4 is 9.47 Å². The number of alkyl halides is 1. The van der Waals surface area contributed by atoms with Gasteiger partial charge in [0.1, 0.15) is 0 Å². The van der Waals surface area contributed by atoms with Crippen LogP contribution in [0, 0.1) is 5.92 Å². The third kappa shape index (κ3) is 3.64. The molecular formula is C21H29ClN2O4S. The minimum Gasteiger partial charge on any atom is -0.454 e. The third-order valence-electron chi connectivity index (χ3n) is 7.05. The molecule has 8 heteroatoms. The van der Waals surface area contributed by atoms with E-state index in [9.17, 15) is 8.42 Å². The topological polar surface area (TPSA) is 59.1 Å². The molecule has 6 nitrogen and oxygen atoms in total. The maximum Gasteiger partial charge on any atom is 0.231 e. The predicted molar refractivity (Wildman–Crippen MR) is 112 cm³/mol.